The summed E-state index contributed by atoms with van der Waals surface area (Å²) in [6, 6.07) is 5.68. The number of rotatable bonds is 4. The van der Waals surface area contributed by atoms with Gasteiger partial charge in [0.15, 0.2) is 0 Å². The Morgan fingerprint density at radius 2 is 2.00 bits per heavy atom. The molecule has 0 atom stereocenters. The predicted molar refractivity (Wildman–Crippen MR) is 67.4 cm³/mol. The predicted octanol–water partition coefficient (Wildman–Crippen LogP) is 1.54. The van der Waals surface area contributed by atoms with Gasteiger partial charge in [-0.2, -0.15) is 0 Å². The number of hydrogen-bond donors (Lipinski definition) is 2. The van der Waals surface area contributed by atoms with Crippen LogP contribution < -0.4 is 5.56 Å². The van der Waals surface area contributed by atoms with E-state index in [4.69, 9.17) is 5.11 Å². The number of carboxylic acids is 1. The molecule has 0 spiro atoms. The second-order valence-electron chi connectivity index (χ2n) is 4.23. The fraction of sp³-hybridized carbons (Fsp3) is 0.231. The molecule has 0 radical (unpaired) electrons. The summed E-state index contributed by atoms with van der Waals surface area (Å²) in [7, 11) is 1.56. The van der Waals surface area contributed by atoms with E-state index in [1.54, 1.807) is 19.2 Å². The molecule has 0 bridgehead atoms. The second-order valence-corrected chi connectivity index (χ2v) is 4.23. The van der Waals surface area contributed by atoms with Gasteiger partial charge in [0.05, 0.1) is 5.69 Å². The molecule has 0 aliphatic rings. The molecule has 2 rings (SSSR count). The van der Waals surface area contributed by atoms with Gasteiger partial charge in [0.1, 0.15) is 5.82 Å². The molecule has 6 heteroatoms. The molecule has 100 valence electrons. The molecule has 0 amide bonds. The SMILES string of the molecule is Cn1[nH]c(-c2ccc(F)cc2)c(CCC(=O)O)c1=O. The average Bonchev–Trinajstić information content (AvgIpc) is 2.64. The van der Waals surface area contributed by atoms with Gasteiger partial charge in [0, 0.05) is 24.6 Å². The molecule has 1 heterocycles. The van der Waals surface area contributed by atoms with Crippen molar-refractivity contribution in [2.45, 2.75) is 12.8 Å². The second kappa shape index (κ2) is 5.09. The quantitative estimate of drug-likeness (QED) is 0.879. The summed E-state index contributed by atoms with van der Waals surface area (Å²) in [5, 5.41) is 11.6. The molecule has 5 nitrogen and oxygen atoms in total. The van der Waals surface area contributed by atoms with Crippen molar-refractivity contribution >= 4 is 5.97 Å². The molecule has 2 N–H and O–H groups in total. The van der Waals surface area contributed by atoms with Crippen molar-refractivity contribution in [2.24, 2.45) is 7.05 Å². The summed E-state index contributed by atoms with van der Waals surface area (Å²) in [5.74, 6) is -1.33. The van der Waals surface area contributed by atoms with E-state index in [1.807, 2.05) is 0 Å². The van der Waals surface area contributed by atoms with Gasteiger partial charge in [-0.15, -0.1) is 0 Å². The van der Waals surface area contributed by atoms with Crippen LogP contribution in [-0.2, 0) is 18.3 Å². The minimum Gasteiger partial charge on any atom is -0.481 e. The number of carbonyl (C=O) groups is 1. The third-order valence-corrected chi connectivity index (χ3v) is 2.87. The number of hydrogen-bond acceptors (Lipinski definition) is 2. The van der Waals surface area contributed by atoms with Crippen molar-refractivity contribution in [2.75, 3.05) is 0 Å². The number of aromatic amines is 1. The zero-order chi connectivity index (χ0) is 14.0. The molecule has 0 saturated heterocycles. The van der Waals surface area contributed by atoms with Gasteiger partial charge < -0.3 is 5.11 Å². The highest BCUT2D eigenvalue weighted by atomic mass is 19.1. The lowest BCUT2D eigenvalue weighted by Crippen LogP contribution is -2.16. The zero-order valence-electron chi connectivity index (χ0n) is 10.3. The van der Waals surface area contributed by atoms with Crippen molar-refractivity contribution in [1.82, 2.24) is 9.78 Å². The summed E-state index contributed by atoms with van der Waals surface area (Å²) in [6.45, 7) is 0. The minimum absolute atomic E-state index is 0.124. The molecule has 0 aliphatic heterocycles. The fourth-order valence-electron chi connectivity index (χ4n) is 1.91. The van der Waals surface area contributed by atoms with Crippen LogP contribution >= 0.6 is 0 Å². The number of nitrogens with one attached hydrogen (secondary N) is 1. The first-order chi connectivity index (χ1) is 8.99. The van der Waals surface area contributed by atoms with Crippen LogP contribution in [0.5, 0.6) is 0 Å². The van der Waals surface area contributed by atoms with E-state index < -0.39 is 5.97 Å². The number of aliphatic carboxylic acids is 1. The molecule has 1 aromatic carbocycles. The molecular formula is C13H13FN2O3. The topological polar surface area (TPSA) is 75.1 Å². The van der Waals surface area contributed by atoms with Gasteiger partial charge in [0.2, 0.25) is 0 Å². The van der Waals surface area contributed by atoms with Crippen molar-refractivity contribution in [3.63, 3.8) is 0 Å². The maximum Gasteiger partial charge on any atom is 0.303 e. The van der Waals surface area contributed by atoms with Crippen LogP contribution in [0.1, 0.15) is 12.0 Å². The van der Waals surface area contributed by atoms with Crippen molar-refractivity contribution in [1.29, 1.82) is 0 Å². The first-order valence-electron chi connectivity index (χ1n) is 5.74. The van der Waals surface area contributed by atoms with Crippen LogP contribution in [0.15, 0.2) is 29.1 Å². The number of nitrogens with zero attached hydrogens (tertiary/aromatic N) is 1. The maximum atomic E-state index is 12.9. The smallest absolute Gasteiger partial charge is 0.303 e. The summed E-state index contributed by atoms with van der Waals surface area (Å²) >= 11 is 0. The van der Waals surface area contributed by atoms with E-state index in [1.165, 1.54) is 16.8 Å². The van der Waals surface area contributed by atoms with E-state index in [0.29, 0.717) is 16.8 Å². The third kappa shape index (κ3) is 2.73. The van der Waals surface area contributed by atoms with Crippen molar-refractivity contribution < 1.29 is 14.3 Å². The van der Waals surface area contributed by atoms with E-state index in [2.05, 4.69) is 5.10 Å². The lowest BCUT2D eigenvalue weighted by Gasteiger charge is -2.01. The van der Waals surface area contributed by atoms with Gasteiger partial charge in [-0.3, -0.25) is 19.4 Å². The van der Waals surface area contributed by atoms with Crippen LogP contribution in [-0.4, -0.2) is 20.9 Å². The summed E-state index contributed by atoms with van der Waals surface area (Å²) in [5.41, 5.74) is 1.32. The van der Waals surface area contributed by atoms with E-state index in [-0.39, 0.29) is 24.2 Å². The molecule has 0 unspecified atom stereocenters. The Kier molecular flexibility index (Phi) is 3.50. The molecule has 19 heavy (non-hydrogen) atoms. The first kappa shape index (κ1) is 13.1. The van der Waals surface area contributed by atoms with Crippen LogP contribution in [0.4, 0.5) is 4.39 Å². The highest BCUT2D eigenvalue weighted by molar-refractivity contribution is 5.68. The Labute approximate surface area is 108 Å². The molecule has 0 fully saturated rings. The molecular weight excluding hydrogens is 251 g/mol. The number of benzene rings is 1. The van der Waals surface area contributed by atoms with E-state index >= 15 is 0 Å². The minimum atomic E-state index is -0.965. The first-order valence-corrected chi connectivity index (χ1v) is 5.74. The Morgan fingerprint density at radius 3 is 2.58 bits per heavy atom. The highest BCUT2D eigenvalue weighted by Gasteiger charge is 2.15. The van der Waals surface area contributed by atoms with Gasteiger partial charge in [-0.05, 0) is 30.7 Å². The number of aromatic nitrogens is 2. The lowest BCUT2D eigenvalue weighted by atomic mass is 10.0. The molecule has 1 aromatic heterocycles. The highest BCUT2D eigenvalue weighted by Crippen LogP contribution is 2.20. The standard InChI is InChI=1S/C13H13FN2O3/c1-16-13(19)10(6-7-11(17)18)12(15-16)8-2-4-9(14)5-3-8/h2-5,15H,6-7H2,1H3,(H,17,18). The van der Waals surface area contributed by atoms with E-state index in [9.17, 15) is 14.0 Å². The number of H-pyrrole nitrogens is 1. The number of carboxylic acid groups (broad SMARTS) is 1. The Bertz CT molecular complexity index is 656. The van der Waals surface area contributed by atoms with Crippen LogP contribution in [0, 0.1) is 5.82 Å². The van der Waals surface area contributed by atoms with Crippen LogP contribution in [0.2, 0.25) is 0 Å². The van der Waals surface area contributed by atoms with Crippen molar-refractivity contribution in [3.8, 4) is 11.3 Å². The Morgan fingerprint density at radius 1 is 1.37 bits per heavy atom. The number of halogens is 1. The Hall–Kier alpha value is -2.37. The fourth-order valence-corrected chi connectivity index (χ4v) is 1.91. The molecule has 0 aliphatic carbocycles. The summed E-state index contributed by atoms with van der Waals surface area (Å²) in [4.78, 5) is 22.5. The van der Waals surface area contributed by atoms with Gasteiger partial charge in [0.25, 0.3) is 5.56 Å². The largest absolute Gasteiger partial charge is 0.481 e. The van der Waals surface area contributed by atoms with Gasteiger partial charge >= 0.3 is 5.97 Å². The Balaban J connectivity index is 2.45. The number of aryl methyl sites for hydroxylation is 1. The summed E-state index contributed by atoms with van der Waals surface area (Å²) in [6.07, 6.45) is 0.0134. The van der Waals surface area contributed by atoms with Gasteiger partial charge in [-0.25, -0.2) is 4.39 Å². The van der Waals surface area contributed by atoms with E-state index in [0.717, 1.165) is 0 Å². The molecule has 0 saturated carbocycles. The normalized spacial score (nSPS) is 10.6. The van der Waals surface area contributed by atoms with Crippen molar-refractivity contribution in [3.05, 3.63) is 46.0 Å². The van der Waals surface area contributed by atoms with Crippen LogP contribution in [0.25, 0.3) is 11.3 Å². The maximum absolute atomic E-state index is 12.9. The monoisotopic (exact) mass is 264 g/mol. The lowest BCUT2D eigenvalue weighted by molar-refractivity contribution is -0.136. The summed E-state index contributed by atoms with van der Waals surface area (Å²) < 4.78 is 14.2. The van der Waals surface area contributed by atoms with Gasteiger partial charge in [-0.1, -0.05) is 0 Å². The third-order valence-electron chi connectivity index (χ3n) is 2.87. The molecule has 2 aromatic rings. The van der Waals surface area contributed by atoms with Crippen LogP contribution in [0.3, 0.4) is 0 Å². The average molecular weight is 264 g/mol. The zero-order valence-corrected chi connectivity index (χ0v) is 10.3.